The maximum absolute atomic E-state index is 13.5. The summed E-state index contributed by atoms with van der Waals surface area (Å²) in [5, 5.41) is 2.55. The molecule has 0 aliphatic carbocycles. The Hall–Kier alpha value is -2.56. The standard InChI is InChI=1S/C15H11F2NO2/c1-9(19)18-11-7-5-10(6-8-11)15(20)12-3-2-4-13(16)14(12)17/h2-8H,1H3,(H,18,19). The van der Waals surface area contributed by atoms with Crippen LogP contribution in [0.5, 0.6) is 0 Å². The van der Waals surface area contributed by atoms with Crippen molar-refractivity contribution in [2.45, 2.75) is 6.92 Å². The number of ketones is 1. The Labute approximate surface area is 114 Å². The van der Waals surface area contributed by atoms with Gasteiger partial charge in [0.15, 0.2) is 17.4 Å². The molecule has 2 aromatic rings. The summed E-state index contributed by atoms with van der Waals surface area (Å²) in [7, 11) is 0. The number of anilines is 1. The molecular formula is C15H11F2NO2. The normalized spacial score (nSPS) is 10.2. The van der Waals surface area contributed by atoms with Crippen molar-refractivity contribution in [3.63, 3.8) is 0 Å². The van der Waals surface area contributed by atoms with Crippen molar-refractivity contribution in [1.82, 2.24) is 0 Å². The minimum Gasteiger partial charge on any atom is -0.326 e. The van der Waals surface area contributed by atoms with Gasteiger partial charge >= 0.3 is 0 Å². The van der Waals surface area contributed by atoms with Gasteiger partial charge in [-0.3, -0.25) is 9.59 Å². The molecule has 0 aliphatic rings. The molecular weight excluding hydrogens is 264 g/mol. The Bertz CT molecular complexity index is 666. The maximum Gasteiger partial charge on any atom is 0.221 e. The molecule has 0 heterocycles. The molecule has 1 N–H and O–H groups in total. The SMILES string of the molecule is CC(=O)Nc1ccc(C(=O)c2cccc(F)c2F)cc1. The number of halogens is 2. The van der Waals surface area contributed by atoms with Crippen LogP contribution in [-0.4, -0.2) is 11.7 Å². The van der Waals surface area contributed by atoms with E-state index in [1.807, 2.05) is 0 Å². The fourth-order valence-corrected chi connectivity index (χ4v) is 1.74. The Morgan fingerprint density at radius 1 is 1.00 bits per heavy atom. The van der Waals surface area contributed by atoms with E-state index >= 15 is 0 Å². The number of carbonyl (C=O) groups is 2. The van der Waals surface area contributed by atoms with Crippen LogP contribution in [0.4, 0.5) is 14.5 Å². The lowest BCUT2D eigenvalue weighted by Crippen LogP contribution is -2.08. The first kappa shape index (κ1) is 13.9. The van der Waals surface area contributed by atoms with E-state index < -0.39 is 17.4 Å². The van der Waals surface area contributed by atoms with Crippen LogP contribution in [0.1, 0.15) is 22.8 Å². The quantitative estimate of drug-likeness (QED) is 0.875. The lowest BCUT2D eigenvalue weighted by atomic mass is 10.0. The Kier molecular flexibility index (Phi) is 3.89. The summed E-state index contributed by atoms with van der Waals surface area (Å²) in [5.74, 6) is -3.08. The zero-order chi connectivity index (χ0) is 14.7. The summed E-state index contributed by atoms with van der Waals surface area (Å²) in [6.45, 7) is 1.36. The molecule has 0 bridgehead atoms. The van der Waals surface area contributed by atoms with Crippen LogP contribution in [0, 0.1) is 11.6 Å². The summed E-state index contributed by atoms with van der Waals surface area (Å²) in [4.78, 5) is 22.9. The molecule has 0 fully saturated rings. The minimum atomic E-state index is -1.16. The first-order valence-electron chi connectivity index (χ1n) is 5.85. The van der Waals surface area contributed by atoms with Gasteiger partial charge in [-0.05, 0) is 36.4 Å². The smallest absolute Gasteiger partial charge is 0.221 e. The molecule has 2 aromatic carbocycles. The number of carbonyl (C=O) groups excluding carboxylic acids is 2. The molecule has 0 radical (unpaired) electrons. The molecule has 0 atom stereocenters. The van der Waals surface area contributed by atoms with Gasteiger partial charge in [0.25, 0.3) is 0 Å². The number of hydrogen-bond donors (Lipinski definition) is 1. The molecule has 0 spiro atoms. The Morgan fingerprint density at radius 2 is 1.65 bits per heavy atom. The van der Waals surface area contributed by atoms with E-state index in [2.05, 4.69) is 5.32 Å². The number of amides is 1. The predicted molar refractivity (Wildman–Crippen MR) is 70.5 cm³/mol. The van der Waals surface area contributed by atoms with E-state index in [9.17, 15) is 18.4 Å². The van der Waals surface area contributed by atoms with Gasteiger partial charge in [0.05, 0.1) is 5.56 Å². The summed E-state index contributed by atoms with van der Waals surface area (Å²) in [6, 6.07) is 9.37. The lowest BCUT2D eigenvalue weighted by molar-refractivity contribution is -0.114. The summed E-state index contributed by atoms with van der Waals surface area (Å²) >= 11 is 0. The highest BCUT2D eigenvalue weighted by molar-refractivity contribution is 6.09. The fourth-order valence-electron chi connectivity index (χ4n) is 1.74. The second kappa shape index (κ2) is 5.61. The van der Waals surface area contributed by atoms with E-state index in [1.54, 1.807) is 0 Å². The predicted octanol–water partition coefficient (Wildman–Crippen LogP) is 3.15. The molecule has 1 amide bonds. The first-order chi connectivity index (χ1) is 9.49. The molecule has 2 rings (SSSR count). The number of rotatable bonds is 3. The molecule has 0 saturated heterocycles. The van der Waals surface area contributed by atoms with Crippen molar-refractivity contribution >= 4 is 17.4 Å². The zero-order valence-electron chi connectivity index (χ0n) is 10.6. The molecule has 0 aliphatic heterocycles. The second-order valence-electron chi connectivity index (χ2n) is 4.19. The van der Waals surface area contributed by atoms with Crippen LogP contribution < -0.4 is 5.32 Å². The monoisotopic (exact) mass is 275 g/mol. The average Bonchev–Trinajstić information content (AvgIpc) is 2.41. The first-order valence-corrected chi connectivity index (χ1v) is 5.85. The van der Waals surface area contributed by atoms with Crippen LogP contribution in [-0.2, 0) is 4.79 Å². The van der Waals surface area contributed by atoms with Gasteiger partial charge in [0.1, 0.15) is 0 Å². The van der Waals surface area contributed by atoms with Crippen LogP contribution in [0.3, 0.4) is 0 Å². The third kappa shape index (κ3) is 2.88. The van der Waals surface area contributed by atoms with Crippen molar-refractivity contribution < 1.29 is 18.4 Å². The van der Waals surface area contributed by atoms with Crippen LogP contribution in [0.25, 0.3) is 0 Å². The van der Waals surface area contributed by atoms with Crippen LogP contribution in [0.15, 0.2) is 42.5 Å². The van der Waals surface area contributed by atoms with E-state index in [1.165, 1.54) is 43.3 Å². The molecule has 102 valence electrons. The van der Waals surface area contributed by atoms with Crippen molar-refractivity contribution in [2.24, 2.45) is 0 Å². The molecule has 0 aromatic heterocycles. The van der Waals surface area contributed by atoms with Crippen molar-refractivity contribution in [3.05, 3.63) is 65.2 Å². The highest BCUT2D eigenvalue weighted by Crippen LogP contribution is 2.17. The van der Waals surface area contributed by atoms with E-state index in [-0.39, 0.29) is 17.0 Å². The third-order valence-electron chi connectivity index (χ3n) is 2.66. The third-order valence-corrected chi connectivity index (χ3v) is 2.66. The molecule has 20 heavy (non-hydrogen) atoms. The largest absolute Gasteiger partial charge is 0.326 e. The van der Waals surface area contributed by atoms with E-state index in [0.717, 1.165) is 6.07 Å². The van der Waals surface area contributed by atoms with Crippen molar-refractivity contribution in [2.75, 3.05) is 5.32 Å². The van der Waals surface area contributed by atoms with Crippen molar-refractivity contribution in [3.8, 4) is 0 Å². The van der Waals surface area contributed by atoms with E-state index in [4.69, 9.17) is 0 Å². The molecule has 0 saturated carbocycles. The zero-order valence-corrected chi connectivity index (χ0v) is 10.6. The topological polar surface area (TPSA) is 46.2 Å². The van der Waals surface area contributed by atoms with Gasteiger partial charge in [-0.2, -0.15) is 0 Å². The molecule has 3 nitrogen and oxygen atoms in total. The Morgan fingerprint density at radius 3 is 2.25 bits per heavy atom. The number of benzene rings is 2. The van der Waals surface area contributed by atoms with Crippen molar-refractivity contribution in [1.29, 1.82) is 0 Å². The number of hydrogen-bond acceptors (Lipinski definition) is 2. The van der Waals surface area contributed by atoms with Gasteiger partial charge in [-0.25, -0.2) is 8.78 Å². The average molecular weight is 275 g/mol. The van der Waals surface area contributed by atoms with Gasteiger partial charge in [-0.15, -0.1) is 0 Å². The minimum absolute atomic E-state index is 0.212. The summed E-state index contributed by atoms with van der Waals surface area (Å²) < 4.78 is 26.6. The lowest BCUT2D eigenvalue weighted by Gasteiger charge is -2.05. The van der Waals surface area contributed by atoms with E-state index in [0.29, 0.717) is 5.69 Å². The molecule has 0 unspecified atom stereocenters. The highest BCUT2D eigenvalue weighted by atomic mass is 19.2. The summed E-state index contributed by atoms with van der Waals surface area (Å²) in [6.07, 6.45) is 0. The van der Waals surface area contributed by atoms with Gasteiger partial charge in [0, 0.05) is 18.2 Å². The molecule has 5 heteroatoms. The Balaban J connectivity index is 2.29. The fraction of sp³-hybridized carbons (Fsp3) is 0.0667. The second-order valence-corrected chi connectivity index (χ2v) is 4.19. The highest BCUT2D eigenvalue weighted by Gasteiger charge is 2.16. The van der Waals surface area contributed by atoms with Crippen LogP contribution >= 0.6 is 0 Å². The number of nitrogens with one attached hydrogen (secondary N) is 1. The van der Waals surface area contributed by atoms with Crippen LogP contribution in [0.2, 0.25) is 0 Å². The van der Waals surface area contributed by atoms with Gasteiger partial charge in [0.2, 0.25) is 5.91 Å². The maximum atomic E-state index is 13.5. The van der Waals surface area contributed by atoms with Gasteiger partial charge in [-0.1, -0.05) is 6.07 Å². The summed E-state index contributed by atoms with van der Waals surface area (Å²) in [5.41, 5.74) is 0.412. The van der Waals surface area contributed by atoms with Gasteiger partial charge < -0.3 is 5.32 Å².